The molecule has 0 spiro atoms. The van der Waals surface area contributed by atoms with Crippen molar-refractivity contribution in [2.75, 3.05) is 24.6 Å². The van der Waals surface area contributed by atoms with E-state index < -0.39 is 0 Å². The lowest BCUT2D eigenvalue weighted by atomic mass is 10.1. The molecule has 1 aromatic heterocycles. The highest BCUT2D eigenvalue weighted by Crippen LogP contribution is 2.25. The van der Waals surface area contributed by atoms with Gasteiger partial charge in [-0.15, -0.1) is 0 Å². The molecule has 1 aliphatic heterocycles. The molecule has 0 radical (unpaired) electrons. The summed E-state index contributed by atoms with van der Waals surface area (Å²) in [7, 11) is 0. The van der Waals surface area contributed by atoms with Gasteiger partial charge in [0.05, 0.1) is 11.7 Å². The molecule has 1 saturated heterocycles. The summed E-state index contributed by atoms with van der Waals surface area (Å²) in [5.74, 6) is 0.824. The Bertz CT molecular complexity index is 491. The van der Waals surface area contributed by atoms with Crippen molar-refractivity contribution in [3.8, 4) is 6.07 Å². The van der Waals surface area contributed by atoms with Crippen molar-refractivity contribution in [3.63, 3.8) is 0 Å². The van der Waals surface area contributed by atoms with Crippen molar-refractivity contribution < 1.29 is 4.74 Å². The number of aromatic nitrogens is 1. The van der Waals surface area contributed by atoms with Crippen molar-refractivity contribution in [2.24, 2.45) is 0 Å². The molecule has 4 nitrogen and oxygen atoms in total. The highest BCUT2D eigenvalue weighted by molar-refractivity contribution is 5.58. The van der Waals surface area contributed by atoms with Crippen molar-refractivity contribution in [3.05, 3.63) is 22.9 Å². The summed E-state index contributed by atoms with van der Waals surface area (Å²) in [6.45, 7) is 8.49. The van der Waals surface area contributed by atoms with Crippen LogP contribution in [0, 0.1) is 25.2 Å². The second-order valence-electron chi connectivity index (χ2n) is 5.06. The van der Waals surface area contributed by atoms with Gasteiger partial charge >= 0.3 is 0 Å². The summed E-state index contributed by atoms with van der Waals surface area (Å²) in [5, 5.41) is 9.34. The van der Waals surface area contributed by atoms with Gasteiger partial charge in [-0.3, -0.25) is 0 Å². The molecule has 2 rings (SSSR count). The van der Waals surface area contributed by atoms with E-state index in [1.807, 2.05) is 26.8 Å². The van der Waals surface area contributed by atoms with Gasteiger partial charge < -0.3 is 9.64 Å². The van der Waals surface area contributed by atoms with Crippen LogP contribution in [0.2, 0.25) is 0 Å². The van der Waals surface area contributed by atoms with Crippen LogP contribution in [0.5, 0.6) is 0 Å². The van der Waals surface area contributed by atoms with Crippen LogP contribution in [0.15, 0.2) is 6.07 Å². The fraction of sp³-hybridized carbons (Fsp3) is 0.600. The van der Waals surface area contributed by atoms with E-state index in [1.54, 1.807) is 0 Å². The maximum absolute atomic E-state index is 9.34. The Hall–Kier alpha value is -1.60. The zero-order valence-corrected chi connectivity index (χ0v) is 11.9. The number of hydrogen-bond acceptors (Lipinski definition) is 4. The molecule has 0 amide bonds. The summed E-state index contributed by atoms with van der Waals surface area (Å²) in [4.78, 5) is 6.77. The molecule has 19 heavy (non-hydrogen) atoms. The minimum atomic E-state index is 0.257. The van der Waals surface area contributed by atoms with Gasteiger partial charge in [0.15, 0.2) is 0 Å². The predicted octanol–water partition coefficient (Wildman–Crippen LogP) is 2.58. The molecular formula is C15H21N3O. The third-order valence-corrected chi connectivity index (χ3v) is 3.52. The predicted molar refractivity (Wildman–Crippen MR) is 75.3 cm³/mol. The Morgan fingerprint density at radius 2 is 2.32 bits per heavy atom. The lowest BCUT2D eigenvalue weighted by Gasteiger charge is -2.34. The number of pyridine rings is 1. The van der Waals surface area contributed by atoms with E-state index in [0.29, 0.717) is 5.56 Å². The van der Waals surface area contributed by atoms with Gasteiger partial charge in [0, 0.05) is 25.4 Å². The number of ether oxygens (including phenoxy) is 1. The molecule has 0 N–H and O–H groups in total. The Morgan fingerprint density at radius 1 is 1.53 bits per heavy atom. The van der Waals surface area contributed by atoms with Gasteiger partial charge in [-0.1, -0.05) is 0 Å². The molecule has 0 saturated carbocycles. The first-order valence-electron chi connectivity index (χ1n) is 6.90. The maximum atomic E-state index is 9.34. The molecule has 4 heteroatoms. The number of piperidine rings is 1. The third kappa shape index (κ3) is 3.05. The lowest BCUT2D eigenvalue weighted by Crippen LogP contribution is -2.40. The summed E-state index contributed by atoms with van der Waals surface area (Å²) in [6, 6.07) is 4.25. The Morgan fingerprint density at radius 3 is 3.00 bits per heavy atom. The Labute approximate surface area is 115 Å². The van der Waals surface area contributed by atoms with Crippen LogP contribution in [0.1, 0.15) is 36.6 Å². The topological polar surface area (TPSA) is 49.1 Å². The van der Waals surface area contributed by atoms with Crippen LogP contribution in [0.25, 0.3) is 0 Å². The highest BCUT2D eigenvalue weighted by Gasteiger charge is 2.23. The molecule has 0 bridgehead atoms. The number of nitrogens with zero attached hydrogens (tertiary/aromatic N) is 3. The smallest absolute Gasteiger partial charge is 0.147 e. The first kappa shape index (κ1) is 13.8. The Balaban J connectivity index is 2.28. The molecular weight excluding hydrogens is 238 g/mol. The van der Waals surface area contributed by atoms with Crippen molar-refractivity contribution in [2.45, 2.75) is 39.7 Å². The molecule has 1 fully saturated rings. The second-order valence-corrected chi connectivity index (χ2v) is 5.06. The molecule has 102 valence electrons. The van der Waals surface area contributed by atoms with E-state index >= 15 is 0 Å². The van der Waals surface area contributed by atoms with Gasteiger partial charge in [0.25, 0.3) is 0 Å². The van der Waals surface area contributed by atoms with Crippen molar-refractivity contribution in [1.29, 1.82) is 5.26 Å². The number of hydrogen-bond donors (Lipinski definition) is 0. The van der Waals surface area contributed by atoms with Crippen molar-refractivity contribution in [1.82, 2.24) is 4.98 Å². The van der Waals surface area contributed by atoms with Crippen molar-refractivity contribution >= 4 is 5.82 Å². The van der Waals surface area contributed by atoms with E-state index in [2.05, 4.69) is 16.0 Å². The third-order valence-electron chi connectivity index (χ3n) is 3.52. The molecule has 1 unspecified atom stereocenters. The summed E-state index contributed by atoms with van der Waals surface area (Å²) >= 11 is 0. The van der Waals surface area contributed by atoms with Crippen LogP contribution < -0.4 is 4.90 Å². The minimum absolute atomic E-state index is 0.257. The maximum Gasteiger partial charge on any atom is 0.147 e. The summed E-state index contributed by atoms with van der Waals surface area (Å²) in [6.07, 6.45) is 2.44. The van der Waals surface area contributed by atoms with E-state index in [1.165, 1.54) is 0 Å². The van der Waals surface area contributed by atoms with E-state index in [0.717, 1.165) is 49.6 Å². The zero-order valence-electron chi connectivity index (χ0n) is 11.9. The average Bonchev–Trinajstić information content (AvgIpc) is 2.38. The van der Waals surface area contributed by atoms with E-state index in [-0.39, 0.29) is 6.10 Å². The molecule has 1 atom stereocenters. The fourth-order valence-corrected chi connectivity index (χ4v) is 2.69. The summed E-state index contributed by atoms with van der Waals surface area (Å²) < 4.78 is 5.72. The molecule has 2 heterocycles. The normalized spacial score (nSPS) is 19.3. The average molecular weight is 259 g/mol. The number of anilines is 1. The van der Waals surface area contributed by atoms with Gasteiger partial charge in [-0.2, -0.15) is 5.26 Å². The lowest BCUT2D eigenvalue weighted by molar-refractivity contribution is 0.0525. The molecule has 0 aliphatic carbocycles. The molecule has 1 aliphatic rings. The highest BCUT2D eigenvalue weighted by atomic mass is 16.5. The van der Waals surface area contributed by atoms with Crippen LogP contribution in [-0.2, 0) is 4.74 Å². The van der Waals surface area contributed by atoms with Crippen LogP contribution >= 0.6 is 0 Å². The SMILES string of the molecule is CCOC1CCCN(c2nc(C)cc(C)c2C#N)C1. The standard InChI is InChI=1S/C15H21N3O/c1-4-19-13-6-5-7-18(10-13)15-14(9-16)11(2)8-12(3)17-15/h8,13H,4-7,10H2,1-3H3. The van der Waals surface area contributed by atoms with Gasteiger partial charge in [-0.25, -0.2) is 4.98 Å². The first-order chi connectivity index (χ1) is 9.15. The number of nitriles is 1. The minimum Gasteiger partial charge on any atom is -0.377 e. The van der Waals surface area contributed by atoms with Crippen LogP contribution in [-0.4, -0.2) is 30.8 Å². The van der Waals surface area contributed by atoms with Gasteiger partial charge in [0.1, 0.15) is 11.9 Å². The monoisotopic (exact) mass is 259 g/mol. The number of aryl methyl sites for hydroxylation is 2. The summed E-state index contributed by atoms with van der Waals surface area (Å²) in [5.41, 5.74) is 2.66. The first-order valence-corrected chi connectivity index (χ1v) is 6.90. The van der Waals surface area contributed by atoms with Crippen LogP contribution in [0.3, 0.4) is 0 Å². The van der Waals surface area contributed by atoms with E-state index in [9.17, 15) is 5.26 Å². The quantitative estimate of drug-likeness (QED) is 0.837. The largest absolute Gasteiger partial charge is 0.377 e. The van der Waals surface area contributed by atoms with E-state index in [4.69, 9.17) is 4.74 Å². The fourth-order valence-electron chi connectivity index (χ4n) is 2.69. The second kappa shape index (κ2) is 6.03. The number of rotatable bonds is 3. The van der Waals surface area contributed by atoms with Crippen LogP contribution in [0.4, 0.5) is 5.82 Å². The Kier molecular flexibility index (Phi) is 4.39. The van der Waals surface area contributed by atoms with Gasteiger partial charge in [0.2, 0.25) is 0 Å². The molecule has 1 aromatic rings. The molecule has 0 aromatic carbocycles. The van der Waals surface area contributed by atoms with Gasteiger partial charge in [-0.05, 0) is 45.2 Å². The zero-order chi connectivity index (χ0) is 13.8.